The van der Waals surface area contributed by atoms with Gasteiger partial charge in [-0.05, 0) is 34.1 Å². The summed E-state index contributed by atoms with van der Waals surface area (Å²) in [6.45, 7) is 0. The van der Waals surface area contributed by atoms with Gasteiger partial charge in [-0.25, -0.2) is 4.98 Å². The molecule has 2 aromatic heterocycles. The molecule has 2 nitrogen and oxygen atoms in total. The Morgan fingerprint density at radius 1 is 1.22 bits per heavy atom. The molecule has 5 heteroatoms. The Kier molecular flexibility index (Phi) is 3.33. The number of aromatic nitrogens is 2. The van der Waals surface area contributed by atoms with Crippen molar-refractivity contribution in [1.82, 2.24) is 9.97 Å². The van der Waals surface area contributed by atoms with Crippen LogP contribution in [0, 0.1) is 0 Å². The summed E-state index contributed by atoms with van der Waals surface area (Å²) in [5, 5.41) is 3.78. The van der Waals surface area contributed by atoms with Gasteiger partial charge < -0.3 is 4.98 Å². The van der Waals surface area contributed by atoms with E-state index in [1.165, 1.54) is 5.39 Å². The Hall–Kier alpha value is -0.970. The SMILES string of the molecule is Clc1cnc(Sc2cc3ccccc3[nH]2)c(Br)c1. The predicted molar refractivity (Wildman–Crippen MR) is 79.4 cm³/mol. The van der Waals surface area contributed by atoms with Crippen molar-refractivity contribution in [3.05, 3.63) is 52.1 Å². The van der Waals surface area contributed by atoms with Crippen LogP contribution < -0.4 is 0 Å². The number of rotatable bonds is 2. The first kappa shape index (κ1) is 12.1. The molecule has 0 atom stereocenters. The highest BCUT2D eigenvalue weighted by molar-refractivity contribution is 9.10. The third-order valence-electron chi connectivity index (χ3n) is 2.49. The van der Waals surface area contributed by atoms with Crippen molar-refractivity contribution in [1.29, 1.82) is 0 Å². The minimum Gasteiger partial charge on any atom is -0.349 e. The molecule has 0 fully saturated rings. The van der Waals surface area contributed by atoms with Crippen LogP contribution in [-0.4, -0.2) is 9.97 Å². The molecule has 0 amide bonds. The minimum absolute atomic E-state index is 0.628. The second-order valence-electron chi connectivity index (χ2n) is 3.76. The summed E-state index contributed by atoms with van der Waals surface area (Å²) in [6.07, 6.45) is 1.65. The summed E-state index contributed by atoms with van der Waals surface area (Å²) >= 11 is 10.9. The number of hydrogen-bond donors (Lipinski definition) is 1. The van der Waals surface area contributed by atoms with Crippen molar-refractivity contribution in [2.45, 2.75) is 10.1 Å². The van der Waals surface area contributed by atoms with E-state index in [9.17, 15) is 0 Å². The molecule has 18 heavy (non-hydrogen) atoms. The number of para-hydroxylation sites is 1. The Bertz CT molecular complexity index is 678. The fourth-order valence-corrected chi connectivity index (χ4v) is 3.38. The van der Waals surface area contributed by atoms with Gasteiger partial charge in [0.15, 0.2) is 0 Å². The van der Waals surface area contributed by atoms with Gasteiger partial charge in [0.25, 0.3) is 0 Å². The lowest BCUT2D eigenvalue weighted by molar-refractivity contribution is 1.10. The lowest BCUT2D eigenvalue weighted by Crippen LogP contribution is -1.81. The maximum absolute atomic E-state index is 5.87. The van der Waals surface area contributed by atoms with Crippen LogP contribution in [0.2, 0.25) is 5.02 Å². The van der Waals surface area contributed by atoms with Gasteiger partial charge in [-0.3, -0.25) is 0 Å². The van der Waals surface area contributed by atoms with E-state index < -0.39 is 0 Å². The highest BCUT2D eigenvalue weighted by atomic mass is 79.9. The van der Waals surface area contributed by atoms with Gasteiger partial charge in [-0.1, -0.05) is 41.6 Å². The maximum atomic E-state index is 5.87. The average molecular weight is 340 g/mol. The van der Waals surface area contributed by atoms with E-state index in [-0.39, 0.29) is 0 Å². The highest BCUT2D eigenvalue weighted by Gasteiger charge is 2.07. The fourth-order valence-electron chi connectivity index (χ4n) is 1.68. The van der Waals surface area contributed by atoms with Crippen LogP contribution in [0.1, 0.15) is 0 Å². The van der Waals surface area contributed by atoms with Crippen molar-refractivity contribution in [2.24, 2.45) is 0 Å². The van der Waals surface area contributed by atoms with Crippen LogP contribution in [0.5, 0.6) is 0 Å². The van der Waals surface area contributed by atoms with Crippen LogP contribution in [0.4, 0.5) is 0 Å². The van der Waals surface area contributed by atoms with Gasteiger partial charge in [-0.15, -0.1) is 0 Å². The normalized spacial score (nSPS) is 11.0. The van der Waals surface area contributed by atoms with E-state index in [4.69, 9.17) is 11.6 Å². The Morgan fingerprint density at radius 3 is 2.83 bits per heavy atom. The first-order chi connectivity index (χ1) is 8.72. The molecule has 0 saturated carbocycles. The Balaban J connectivity index is 1.96. The van der Waals surface area contributed by atoms with E-state index in [2.05, 4.69) is 44.1 Å². The van der Waals surface area contributed by atoms with Crippen molar-refractivity contribution in [2.75, 3.05) is 0 Å². The monoisotopic (exact) mass is 338 g/mol. The van der Waals surface area contributed by atoms with Crippen molar-refractivity contribution < 1.29 is 0 Å². The van der Waals surface area contributed by atoms with E-state index >= 15 is 0 Å². The largest absolute Gasteiger partial charge is 0.349 e. The number of hydrogen-bond acceptors (Lipinski definition) is 2. The van der Waals surface area contributed by atoms with Crippen molar-refractivity contribution in [3.63, 3.8) is 0 Å². The first-order valence-electron chi connectivity index (χ1n) is 5.29. The lowest BCUT2D eigenvalue weighted by Gasteiger charge is -2.01. The van der Waals surface area contributed by atoms with Crippen molar-refractivity contribution in [3.8, 4) is 0 Å². The summed E-state index contributed by atoms with van der Waals surface area (Å²) in [5.74, 6) is 0. The van der Waals surface area contributed by atoms with Crippen LogP contribution in [0.25, 0.3) is 10.9 Å². The zero-order chi connectivity index (χ0) is 12.5. The Morgan fingerprint density at radius 2 is 2.06 bits per heavy atom. The second-order valence-corrected chi connectivity index (χ2v) is 6.08. The number of halogens is 2. The Labute approximate surface area is 122 Å². The van der Waals surface area contributed by atoms with Crippen LogP contribution in [0.3, 0.4) is 0 Å². The molecule has 3 aromatic rings. The van der Waals surface area contributed by atoms with Gasteiger partial charge in [0, 0.05) is 17.1 Å². The number of nitrogens with one attached hydrogen (secondary N) is 1. The molecule has 1 N–H and O–H groups in total. The quantitative estimate of drug-likeness (QED) is 0.701. The molecular weight excluding hydrogens is 332 g/mol. The van der Waals surface area contributed by atoms with Crippen LogP contribution in [0.15, 0.2) is 57.1 Å². The number of pyridine rings is 1. The maximum Gasteiger partial charge on any atom is 0.116 e. The van der Waals surface area contributed by atoms with Gasteiger partial charge in [0.2, 0.25) is 0 Å². The topological polar surface area (TPSA) is 28.7 Å². The van der Waals surface area contributed by atoms with Gasteiger partial charge in [0.05, 0.1) is 14.5 Å². The summed E-state index contributed by atoms with van der Waals surface area (Å²) in [5.41, 5.74) is 1.13. The van der Waals surface area contributed by atoms with E-state index in [0.29, 0.717) is 5.02 Å². The fraction of sp³-hybridized carbons (Fsp3) is 0. The molecule has 0 spiro atoms. The molecule has 3 rings (SSSR count). The molecular formula is C13H8BrClN2S. The summed E-state index contributed by atoms with van der Waals surface area (Å²) in [4.78, 5) is 7.66. The van der Waals surface area contributed by atoms with E-state index in [1.54, 1.807) is 18.0 Å². The minimum atomic E-state index is 0.628. The van der Waals surface area contributed by atoms with Crippen LogP contribution >= 0.6 is 39.3 Å². The standard InChI is InChI=1S/C13H8BrClN2S/c14-10-6-9(15)7-16-13(10)18-12-5-8-3-1-2-4-11(8)17-12/h1-7,17H. The smallest absolute Gasteiger partial charge is 0.116 e. The third-order valence-corrected chi connectivity index (χ3v) is 4.52. The van der Waals surface area contributed by atoms with Crippen LogP contribution in [-0.2, 0) is 0 Å². The molecule has 90 valence electrons. The number of nitrogens with zero attached hydrogens (tertiary/aromatic N) is 1. The third kappa shape index (κ3) is 2.41. The number of fused-ring (bicyclic) bond motifs is 1. The molecule has 0 aliphatic rings. The first-order valence-corrected chi connectivity index (χ1v) is 7.28. The molecule has 0 unspecified atom stereocenters. The zero-order valence-electron chi connectivity index (χ0n) is 9.15. The second kappa shape index (κ2) is 4.96. The van der Waals surface area contributed by atoms with Gasteiger partial charge in [0.1, 0.15) is 5.03 Å². The predicted octanol–water partition coefficient (Wildman–Crippen LogP) is 5.13. The summed E-state index contributed by atoms with van der Waals surface area (Å²) in [6, 6.07) is 12.1. The molecule has 0 radical (unpaired) electrons. The molecule has 0 aliphatic heterocycles. The van der Waals surface area contributed by atoms with Gasteiger partial charge in [-0.2, -0.15) is 0 Å². The van der Waals surface area contributed by atoms with E-state index in [1.807, 2.05) is 18.2 Å². The molecule has 0 saturated heterocycles. The average Bonchev–Trinajstić information content (AvgIpc) is 2.75. The molecule has 2 heterocycles. The molecule has 0 aliphatic carbocycles. The van der Waals surface area contributed by atoms with E-state index in [0.717, 1.165) is 20.0 Å². The lowest BCUT2D eigenvalue weighted by atomic mass is 10.3. The number of aromatic amines is 1. The number of benzene rings is 1. The highest BCUT2D eigenvalue weighted by Crippen LogP contribution is 2.33. The zero-order valence-corrected chi connectivity index (χ0v) is 12.3. The number of H-pyrrole nitrogens is 1. The molecule has 0 bridgehead atoms. The summed E-state index contributed by atoms with van der Waals surface area (Å²) in [7, 11) is 0. The van der Waals surface area contributed by atoms with Gasteiger partial charge >= 0.3 is 0 Å². The molecule has 1 aromatic carbocycles. The summed E-state index contributed by atoms with van der Waals surface area (Å²) < 4.78 is 0.902. The van der Waals surface area contributed by atoms with Crippen molar-refractivity contribution >= 4 is 50.2 Å².